The van der Waals surface area contributed by atoms with Gasteiger partial charge in [-0.25, -0.2) is 0 Å². The Hall–Kier alpha value is -5.78. The minimum Gasteiger partial charge on any atom is -0.448 e. The lowest BCUT2D eigenvalue weighted by molar-refractivity contribution is 0.501. The van der Waals surface area contributed by atoms with Crippen LogP contribution in [0.4, 0.5) is 17.1 Å². The van der Waals surface area contributed by atoms with Crippen LogP contribution in [0.15, 0.2) is 121 Å². The topological polar surface area (TPSA) is 17.4 Å². The van der Waals surface area contributed by atoms with Crippen molar-refractivity contribution in [3.63, 3.8) is 0 Å². The molecule has 61 heavy (non-hydrogen) atoms. The molecule has 4 heterocycles. The molecule has 2 aromatic heterocycles. The molecule has 0 saturated heterocycles. The normalized spacial score (nSPS) is 16.3. The molecule has 0 saturated carbocycles. The summed E-state index contributed by atoms with van der Waals surface area (Å²) < 4.78 is 78.2. The van der Waals surface area contributed by atoms with Gasteiger partial charge in [0.25, 0.3) is 6.71 Å². The van der Waals surface area contributed by atoms with Crippen molar-refractivity contribution in [2.75, 3.05) is 4.90 Å². The fraction of sp³-hybridized carbons (Fsp3) is 0.250. The van der Waals surface area contributed by atoms with Gasteiger partial charge in [-0.05, 0) is 123 Å². The number of thiophene rings is 1. The fourth-order valence-electron chi connectivity index (χ4n) is 10.3. The van der Waals surface area contributed by atoms with Gasteiger partial charge in [0, 0.05) is 50.1 Å². The first-order chi connectivity index (χ1) is 31.9. The van der Waals surface area contributed by atoms with E-state index in [1.54, 1.807) is 16.2 Å². The summed E-state index contributed by atoms with van der Waals surface area (Å²) in [7, 11) is 0. The van der Waals surface area contributed by atoms with Crippen LogP contribution in [0, 0.1) is 20.8 Å². The molecule has 0 atom stereocenters. The van der Waals surface area contributed by atoms with Crippen LogP contribution in [0.25, 0.3) is 38.2 Å². The van der Waals surface area contributed by atoms with E-state index >= 15 is 0 Å². The monoisotopic (exact) mass is 819 g/mol. The minimum atomic E-state index is -0.720. The third kappa shape index (κ3) is 5.55. The maximum absolute atomic E-state index is 10.2. The van der Waals surface area contributed by atoms with Crippen molar-refractivity contribution >= 4 is 62.4 Å². The van der Waals surface area contributed by atoms with Gasteiger partial charge in [-0.15, -0.1) is 0 Å². The second-order valence-corrected chi connectivity index (χ2v) is 20.9. The second kappa shape index (κ2) is 12.9. The highest BCUT2D eigenvalue weighted by molar-refractivity contribution is 7.20. The molecule has 0 fully saturated rings. The van der Waals surface area contributed by atoms with Crippen molar-refractivity contribution in [3.05, 3.63) is 160 Å². The maximum atomic E-state index is 10.2. The summed E-state index contributed by atoms with van der Waals surface area (Å²) in [5.41, 5.74) is 12.5. The Kier molecular flexibility index (Phi) is 6.57. The number of hydrogen-bond acceptors (Lipinski definition) is 3. The van der Waals surface area contributed by atoms with Crippen LogP contribution in [0.5, 0.6) is 10.8 Å². The Morgan fingerprint density at radius 2 is 1.36 bits per heavy atom. The second-order valence-electron chi connectivity index (χ2n) is 19.9. The summed E-state index contributed by atoms with van der Waals surface area (Å²) in [6.45, 7) is 21.8. The number of anilines is 3. The largest absolute Gasteiger partial charge is 0.448 e. The Morgan fingerprint density at radius 1 is 0.689 bits per heavy atom. The molecule has 3 nitrogen and oxygen atoms in total. The third-order valence-corrected chi connectivity index (χ3v) is 14.1. The summed E-state index contributed by atoms with van der Waals surface area (Å²) >= 11 is 1.56. The van der Waals surface area contributed by atoms with E-state index in [9.17, 15) is 9.60 Å². The molecule has 1 aliphatic carbocycles. The molecule has 0 amide bonds. The van der Waals surface area contributed by atoms with Gasteiger partial charge in [0.1, 0.15) is 5.75 Å². The quantitative estimate of drug-likeness (QED) is 0.165. The van der Waals surface area contributed by atoms with E-state index in [1.165, 1.54) is 16.7 Å². The zero-order valence-electron chi connectivity index (χ0n) is 43.8. The van der Waals surface area contributed by atoms with Crippen LogP contribution < -0.4 is 26.0 Å². The first kappa shape index (κ1) is 31.1. The van der Waals surface area contributed by atoms with Gasteiger partial charge in [-0.2, -0.15) is 0 Å². The highest BCUT2D eigenvalue weighted by Gasteiger charge is 2.45. The van der Waals surface area contributed by atoms with Gasteiger partial charge >= 0.3 is 0 Å². The van der Waals surface area contributed by atoms with Gasteiger partial charge in [-0.1, -0.05) is 151 Å². The van der Waals surface area contributed by atoms with Crippen LogP contribution in [0.3, 0.4) is 0 Å². The standard InChI is InChI=1S/C56H53BN2OS/c1-32-26-33(2)49(34(3)27-32)48-31-43-53(61-48)60-47-30-38(59-44-19-15-13-17-40(44)50-39-16-12-14-18-41(39)56(10,11)52(50)59)29-46-51(47)57(43)42-28-36(55(7,8)9)22-25-45(42)58(46)37-23-20-35(21-24-37)54(4,5)6/h12-31H,1-11H3/i20D,21D,22D,23D,24D,25D,28D. The van der Waals surface area contributed by atoms with Crippen molar-refractivity contribution in [1.29, 1.82) is 0 Å². The number of aromatic nitrogens is 1. The van der Waals surface area contributed by atoms with E-state index in [0.29, 0.717) is 33.0 Å². The number of ether oxygens (including phenoxy) is 1. The highest BCUT2D eigenvalue weighted by Crippen LogP contribution is 2.54. The molecule has 0 N–H and O–H groups in total. The molecular formula is C56H53BN2OS. The van der Waals surface area contributed by atoms with Crippen molar-refractivity contribution in [2.45, 2.75) is 92.4 Å². The van der Waals surface area contributed by atoms with E-state index in [4.69, 9.17) is 4.74 Å². The number of aryl methyl sites for hydroxylation is 3. The van der Waals surface area contributed by atoms with Crippen LogP contribution in [0.2, 0.25) is 0 Å². The molecule has 8 aromatic rings. The van der Waals surface area contributed by atoms with E-state index < -0.39 is 23.0 Å². The first-order valence-electron chi connectivity index (χ1n) is 24.8. The predicted octanol–water partition coefficient (Wildman–Crippen LogP) is 13.6. The molecule has 0 bridgehead atoms. The van der Waals surface area contributed by atoms with Crippen LogP contribution in [0.1, 0.15) is 104 Å². The Labute approximate surface area is 375 Å². The number of hydrogen-bond donors (Lipinski definition) is 0. The summed E-state index contributed by atoms with van der Waals surface area (Å²) in [5, 5.41) is 1.77. The molecule has 0 unspecified atom stereocenters. The van der Waals surface area contributed by atoms with Crippen LogP contribution >= 0.6 is 11.3 Å². The number of rotatable bonds is 3. The van der Waals surface area contributed by atoms with Crippen molar-refractivity contribution < 1.29 is 14.3 Å². The Bertz CT molecular complexity index is 3520. The van der Waals surface area contributed by atoms with Crippen LogP contribution in [-0.4, -0.2) is 11.3 Å². The minimum absolute atomic E-state index is 0.0408. The lowest BCUT2D eigenvalue weighted by atomic mass is 9.34. The van der Waals surface area contributed by atoms with Gasteiger partial charge < -0.3 is 14.2 Å². The molecular weight excluding hydrogens is 760 g/mol. The zero-order valence-corrected chi connectivity index (χ0v) is 37.6. The number of fused-ring (bicyclic) bond motifs is 9. The number of para-hydroxylation sites is 1. The molecule has 3 aliphatic rings. The maximum Gasteiger partial charge on any atom is 0.257 e. The van der Waals surface area contributed by atoms with E-state index in [2.05, 4.69) is 106 Å². The summed E-state index contributed by atoms with van der Waals surface area (Å²) in [5.74, 6) is 0.538. The van der Waals surface area contributed by atoms with Gasteiger partial charge in [0.2, 0.25) is 0 Å². The van der Waals surface area contributed by atoms with Gasteiger partial charge in [0.15, 0.2) is 5.06 Å². The summed E-state index contributed by atoms with van der Waals surface area (Å²) in [6, 6.07) is 26.7. The van der Waals surface area contributed by atoms with Gasteiger partial charge in [0.05, 0.1) is 20.8 Å². The number of nitrogens with zero attached hydrogens (tertiary/aromatic N) is 2. The molecule has 11 rings (SSSR count). The molecule has 6 aromatic carbocycles. The summed E-state index contributed by atoms with van der Waals surface area (Å²) in [4.78, 5) is 2.69. The predicted molar refractivity (Wildman–Crippen MR) is 262 cm³/mol. The molecule has 0 spiro atoms. The first-order valence-corrected chi connectivity index (χ1v) is 22.1. The fourth-order valence-corrected chi connectivity index (χ4v) is 11.5. The van der Waals surface area contributed by atoms with Gasteiger partial charge in [-0.3, -0.25) is 0 Å². The molecule has 5 heteroatoms. The smallest absolute Gasteiger partial charge is 0.257 e. The van der Waals surface area contributed by atoms with E-state index in [0.717, 1.165) is 54.9 Å². The van der Waals surface area contributed by atoms with E-state index in [-0.39, 0.29) is 59.2 Å². The Balaban J connectivity index is 1.31. The van der Waals surface area contributed by atoms with E-state index in [1.807, 2.05) is 53.7 Å². The lowest BCUT2D eigenvalue weighted by Crippen LogP contribution is -2.59. The SMILES string of the molecule is [2H]c1c([2H])c(C(C)(C)C)c([2H])c([2H])c1N1c2cc(-n3c4c(c5ccccc53)-c3ccccc3C4(C)C)cc3c2B(c2cc(-c4c(C)cc(C)cc4C)sc2O3)c2c([2H])c(C(C)(C)C)c([2H])c([2H])c21. The van der Waals surface area contributed by atoms with Crippen LogP contribution in [-0.2, 0) is 16.2 Å². The van der Waals surface area contributed by atoms with Crippen molar-refractivity contribution in [2.24, 2.45) is 0 Å². The van der Waals surface area contributed by atoms with Crippen molar-refractivity contribution in [1.82, 2.24) is 4.57 Å². The Morgan fingerprint density at radius 3 is 2.08 bits per heavy atom. The average molecular weight is 820 g/mol. The van der Waals surface area contributed by atoms with Crippen molar-refractivity contribution in [3.8, 4) is 38.1 Å². The summed E-state index contributed by atoms with van der Waals surface area (Å²) in [6.07, 6.45) is 0. The molecule has 302 valence electrons. The number of benzene rings is 6. The third-order valence-electron chi connectivity index (χ3n) is 13.1. The highest BCUT2D eigenvalue weighted by atomic mass is 32.1. The molecule has 0 radical (unpaired) electrons. The zero-order chi connectivity index (χ0) is 48.6. The average Bonchev–Trinajstić information content (AvgIpc) is 3.90. The lowest BCUT2D eigenvalue weighted by Gasteiger charge is -2.40. The molecule has 2 aliphatic heterocycles.